The minimum Gasteiger partial charge on any atom is -0.326 e. The van der Waals surface area contributed by atoms with E-state index >= 15 is 0 Å². The van der Waals surface area contributed by atoms with Crippen LogP contribution in [-0.4, -0.2) is 11.8 Å². The lowest BCUT2D eigenvalue weighted by Crippen LogP contribution is -2.15. The van der Waals surface area contributed by atoms with E-state index in [0.29, 0.717) is 11.8 Å². The second-order valence-electron chi connectivity index (χ2n) is 10.5. The molecule has 4 nitrogen and oxygen atoms in total. The van der Waals surface area contributed by atoms with Gasteiger partial charge in [-0.15, -0.1) is 0 Å². The number of unbranched alkanes of at least 4 members (excludes halogenated alkanes) is 2. The fraction of sp³-hybridized carbons (Fsp3) is 0.533. The zero-order chi connectivity index (χ0) is 24.2. The van der Waals surface area contributed by atoms with Gasteiger partial charge in [0.1, 0.15) is 0 Å². The summed E-state index contributed by atoms with van der Waals surface area (Å²) in [6.45, 7) is 8.50. The molecule has 0 saturated heterocycles. The largest absolute Gasteiger partial charge is 0.326 e. The van der Waals surface area contributed by atoms with Crippen molar-refractivity contribution in [2.75, 3.05) is 10.6 Å². The number of rotatable bonds is 11. The molecule has 34 heavy (non-hydrogen) atoms. The van der Waals surface area contributed by atoms with Crippen LogP contribution in [-0.2, 0) is 9.59 Å². The first-order chi connectivity index (χ1) is 16.4. The fourth-order valence-corrected chi connectivity index (χ4v) is 5.13. The van der Waals surface area contributed by atoms with Gasteiger partial charge in [-0.25, -0.2) is 0 Å². The first-order valence-electron chi connectivity index (χ1n) is 13.2. The van der Waals surface area contributed by atoms with Crippen molar-refractivity contribution in [3.05, 3.63) is 47.5 Å². The average molecular weight is 461 g/mol. The lowest BCUT2D eigenvalue weighted by atomic mass is 9.99. The Bertz CT molecular complexity index is 961. The highest BCUT2D eigenvalue weighted by Gasteiger charge is 2.42. The number of hydrogen-bond donors (Lipinski definition) is 2. The Balaban J connectivity index is 1.35. The zero-order valence-corrected chi connectivity index (χ0v) is 21.2. The highest BCUT2D eigenvalue weighted by molar-refractivity contribution is 5.96. The van der Waals surface area contributed by atoms with Crippen molar-refractivity contribution >= 4 is 23.2 Å². The van der Waals surface area contributed by atoms with Crippen molar-refractivity contribution in [3.8, 4) is 11.1 Å². The van der Waals surface area contributed by atoms with Gasteiger partial charge in [0.25, 0.3) is 0 Å². The van der Waals surface area contributed by atoms with E-state index in [4.69, 9.17) is 0 Å². The molecule has 4 atom stereocenters. The fourth-order valence-electron chi connectivity index (χ4n) is 5.13. The Labute approximate surface area is 204 Å². The molecule has 0 aliphatic heterocycles. The normalized spacial score (nSPS) is 22.8. The van der Waals surface area contributed by atoms with Gasteiger partial charge in [-0.1, -0.05) is 51.7 Å². The van der Waals surface area contributed by atoms with E-state index in [-0.39, 0.29) is 23.7 Å². The molecule has 2 amide bonds. The molecule has 2 saturated carbocycles. The molecule has 2 N–H and O–H groups in total. The van der Waals surface area contributed by atoms with Gasteiger partial charge in [0.15, 0.2) is 0 Å². The molecule has 0 bridgehead atoms. The molecule has 2 fully saturated rings. The SMILES string of the molecule is CCCC[C@@H]1C[C@@H]1C(=O)Nc1ccc(-c2ccc(NC(=O)[C@@H]3C[C@@H]3CCCC)c(C)c2)cc1C. The maximum atomic E-state index is 12.6. The Morgan fingerprint density at radius 3 is 1.50 bits per heavy atom. The van der Waals surface area contributed by atoms with Gasteiger partial charge in [0, 0.05) is 23.2 Å². The van der Waals surface area contributed by atoms with Crippen molar-refractivity contribution in [2.45, 2.75) is 79.1 Å². The van der Waals surface area contributed by atoms with Crippen LogP contribution in [0, 0.1) is 37.5 Å². The molecule has 0 aromatic heterocycles. The van der Waals surface area contributed by atoms with E-state index in [1.807, 2.05) is 26.0 Å². The molecule has 2 aromatic rings. The Hall–Kier alpha value is -2.62. The molecule has 0 radical (unpaired) electrons. The van der Waals surface area contributed by atoms with E-state index in [1.54, 1.807) is 0 Å². The summed E-state index contributed by atoms with van der Waals surface area (Å²) in [7, 11) is 0. The average Bonchev–Trinajstić information content (AvgIpc) is 3.74. The van der Waals surface area contributed by atoms with Crippen LogP contribution in [0.15, 0.2) is 36.4 Å². The number of carbonyl (C=O) groups excluding carboxylic acids is 2. The van der Waals surface area contributed by atoms with E-state index < -0.39 is 0 Å². The minimum absolute atomic E-state index is 0.167. The quantitative estimate of drug-likeness (QED) is 0.365. The van der Waals surface area contributed by atoms with Crippen molar-refractivity contribution in [2.24, 2.45) is 23.7 Å². The van der Waals surface area contributed by atoms with Gasteiger partial charge in [-0.05, 0) is 97.9 Å². The van der Waals surface area contributed by atoms with Crippen molar-refractivity contribution in [1.82, 2.24) is 0 Å². The monoisotopic (exact) mass is 460 g/mol. The van der Waals surface area contributed by atoms with E-state index in [1.165, 1.54) is 38.5 Å². The minimum atomic E-state index is 0.167. The van der Waals surface area contributed by atoms with Crippen LogP contribution >= 0.6 is 0 Å². The molecule has 0 heterocycles. The third-order valence-corrected chi connectivity index (χ3v) is 7.68. The summed E-state index contributed by atoms with van der Waals surface area (Å²) in [5, 5.41) is 6.29. The smallest absolute Gasteiger partial charge is 0.227 e. The Morgan fingerprint density at radius 2 is 1.15 bits per heavy atom. The molecule has 182 valence electrons. The number of amides is 2. The van der Waals surface area contributed by atoms with Crippen LogP contribution in [0.25, 0.3) is 11.1 Å². The van der Waals surface area contributed by atoms with Crippen molar-refractivity contribution in [1.29, 1.82) is 0 Å². The molecular weight excluding hydrogens is 420 g/mol. The molecule has 4 rings (SSSR count). The maximum absolute atomic E-state index is 12.6. The van der Waals surface area contributed by atoms with Crippen LogP contribution in [0.2, 0.25) is 0 Å². The predicted octanol–water partition coefficient (Wildman–Crippen LogP) is 7.50. The first-order valence-corrected chi connectivity index (χ1v) is 13.2. The van der Waals surface area contributed by atoms with E-state index in [9.17, 15) is 9.59 Å². The standard InChI is InChI=1S/C30H40N2O2/c1-5-7-9-23-17-25(23)29(33)31-27-13-11-21(15-19(27)3)22-12-14-28(20(4)16-22)32-30(34)26-18-24(26)10-8-6-2/h11-16,23-26H,5-10,17-18H2,1-4H3,(H,31,33)(H,32,34)/t23-,24+,25+,26-. The summed E-state index contributed by atoms with van der Waals surface area (Å²) < 4.78 is 0. The molecule has 0 unspecified atom stereocenters. The van der Waals surface area contributed by atoms with Gasteiger partial charge in [0.05, 0.1) is 0 Å². The Morgan fingerprint density at radius 1 is 0.735 bits per heavy atom. The topological polar surface area (TPSA) is 58.2 Å². The van der Waals surface area contributed by atoms with Crippen LogP contribution in [0.5, 0.6) is 0 Å². The van der Waals surface area contributed by atoms with Gasteiger partial charge >= 0.3 is 0 Å². The molecule has 0 spiro atoms. The summed E-state index contributed by atoms with van der Waals surface area (Å²) in [4.78, 5) is 25.2. The maximum Gasteiger partial charge on any atom is 0.227 e. The summed E-state index contributed by atoms with van der Waals surface area (Å²) in [6, 6.07) is 12.4. The van der Waals surface area contributed by atoms with Crippen LogP contribution in [0.1, 0.15) is 76.3 Å². The second-order valence-corrected chi connectivity index (χ2v) is 10.5. The molecular formula is C30H40N2O2. The van der Waals surface area contributed by atoms with Gasteiger partial charge in [0.2, 0.25) is 11.8 Å². The van der Waals surface area contributed by atoms with Gasteiger partial charge in [-0.3, -0.25) is 9.59 Å². The second kappa shape index (κ2) is 10.8. The first kappa shape index (κ1) is 24.5. The summed E-state index contributed by atoms with van der Waals surface area (Å²) in [5.74, 6) is 1.86. The number of anilines is 2. The summed E-state index contributed by atoms with van der Waals surface area (Å²) >= 11 is 0. The van der Waals surface area contributed by atoms with Gasteiger partial charge in [-0.2, -0.15) is 0 Å². The molecule has 4 heteroatoms. The summed E-state index contributed by atoms with van der Waals surface area (Å²) in [6.07, 6.45) is 9.21. The highest BCUT2D eigenvalue weighted by atomic mass is 16.2. The number of benzene rings is 2. The van der Waals surface area contributed by atoms with E-state index in [0.717, 1.165) is 46.5 Å². The van der Waals surface area contributed by atoms with E-state index in [2.05, 4.69) is 48.7 Å². The highest BCUT2D eigenvalue weighted by Crippen LogP contribution is 2.44. The van der Waals surface area contributed by atoms with Crippen molar-refractivity contribution in [3.63, 3.8) is 0 Å². The molecule has 2 aliphatic rings. The van der Waals surface area contributed by atoms with Crippen LogP contribution < -0.4 is 10.6 Å². The summed E-state index contributed by atoms with van der Waals surface area (Å²) in [5.41, 5.74) is 6.17. The third-order valence-electron chi connectivity index (χ3n) is 7.68. The van der Waals surface area contributed by atoms with Gasteiger partial charge < -0.3 is 10.6 Å². The van der Waals surface area contributed by atoms with Crippen LogP contribution in [0.3, 0.4) is 0 Å². The number of carbonyl (C=O) groups is 2. The molecule has 2 aliphatic carbocycles. The molecule has 2 aromatic carbocycles. The number of nitrogens with one attached hydrogen (secondary N) is 2. The lowest BCUT2D eigenvalue weighted by Gasteiger charge is -2.13. The van der Waals surface area contributed by atoms with Crippen LogP contribution in [0.4, 0.5) is 11.4 Å². The Kier molecular flexibility index (Phi) is 7.75. The lowest BCUT2D eigenvalue weighted by molar-refractivity contribution is -0.118. The number of aryl methyl sites for hydroxylation is 2. The third kappa shape index (κ3) is 5.89. The van der Waals surface area contributed by atoms with Crippen molar-refractivity contribution < 1.29 is 9.59 Å². The predicted molar refractivity (Wildman–Crippen MR) is 141 cm³/mol. The number of hydrogen-bond acceptors (Lipinski definition) is 2. The zero-order valence-electron chi connectivity index (χ0n) is 21.2.